The molecule has 2 aliphatic heterocycles. The van der Waals surface area contributed by atoms with Crippen molar-refractivity contribution >= 4 is 50.4 Å². The molecule has 2 fully saturated rings. The highest BCUT2D eigenvalue weighted by molar-refractivity contribution is 7.47. The van der Waals surface area contributed by atoms with Crippen LogP contribution in [-0.4, -0.2) is 103 Å². The number of fused-ring (bicyclic) bond motifs is 2. The van der Waals surface area contributed by atoms with Crippen LogP contribution in [0.5, 0.6) is 0 Å². The van der Waals surface area contributed by atoms with E-state index >= 15 is 4.39 Å². The van der Waals surface area contributed by atoms with Crippen molar-refractivity contribution in [2.75, 3.05) is 13.2 Å². The second-order valence-corrected chi connectivity index (χ2v) is 16.0. The topological polar surface area (TPSA) is 299 Å². The molecule has 24 nitrogen and oxygen atoms in total. The number of halogens is 1. The largest absolute Gasteiger partial charge is 0.472 e. The van der Waals surface area contributed by atoms with Gasteiger partial charge >= 0.3 is 21.6 Å². The van der Waals surface area contributed by atoms with Gasteiger partial charge in [-0.15, -0.1) is 0 Å². The van der Waals surface area contributed by atoms with Crippen molar-refractivity contribution in [3.8, 4) is 0 Å². The summed E-state index contributed by atoms with van der Waals surface area (Å²) in [6, 6.07) is 0. The Kier molecular flexibility index (Phi) is 11.5. The minimum atomic E-state index is -5.08. The van der Waals surface area contributed by atoms with E-state index in [0.29, 0.717) is 0 Å². The van der Waals surface area contributed by atoms with Crippen LogP contribution in [0.25, 0.3) is 22.3 Å². The summed E-state index contributed by atoms with van der Waals surface area (Å²) < 4.78 is 80.6. The molecular formula is C28H35FN8O16P2. The zero-order valence-corrected chi connectivity index (χ0v) is 30.9. The number of esters is 1. The molecule has 7 atom stereocenters. The summed E-state index contributed by atoms with van der Waals surface area (Å²) in [5.74, 6) is -0.543. The highest BCUT2D eigenvalue weighted by Crippen LogP contribution is 2.50. The van der Waals surface area contributed by atoms with E-state index in [-0.39, 0.29) is 41.6 Å². The molecule has 2 aliphatic rings. The quantitative estimate of drug-likeness (QED) is 0.0830. The van der Waals surface area contributed by atoms with E-state index in [4.69, 9.17) is 23.3 Å². The van der Waals surface area contributed by atoms with Gasteiger partial charge in [0.05, 0.1) is 31.3 Å². The molecule has 3 N–H and O–H groups in total. The van der Waals surface area contributed by atoms with E-state index in [1.165, 1.54) is 21.8 Å². The number of hydrogen-bond acceptors (Lipinski definition) is 17. The summed E-state index contributed by atoms with van der Waals surface area (Å²) in [6.45, 7) is 2.63. The number of phosphoric acid groups is 2. The van der Waals surface area contributed by atoms with Gasteiger partial charge in [0.1, 0.15) is 49.6 Å². The van der Waals surface area contributed by atoms with Crippen LogP contribution in [0.3, 0.4) is 0 Å². The van der Waals surface area contributed by atoms with Gasteiger partial charge in [0, 0.05) is 12.8 Å². The van der Waals surface area contributed by atoms with Gasteiger partial charge < -0.3 is 33.6 Å². The van der Waals surface area contributed by atoms with E-state index < -0.39 is 102 Å². The van der Waals surface area contributed by atoms with Crippen molar-refractivity contribution in [3.63, 3.8) is 0 Å². The fourth-order valence-corrected chi connectivity index (χ4v) is 6.94. The molecule has 0 bridgehead atoms. The summed E-state index contributed by atoms with van der Waals surface area (Å²) in [5, 5.41) is 0. The Balaban J connectivity index is 1.11. The average molecular weight is 821 g/mol. The summed E-state index contributed by atoms with van der Waals surface area (Å²) >= 11 is 0. The molecule has 4 aromatic rings. The van der Waals surface area contributed by atoms with Crippen LogP contribution in [0.15, 0.2) is 34.9 Å². The van der Waals surface area contributed by atoms with Crippen LogP contribution in [0.2, 0.25) is 0 Å². The molecule has 0 aliphatic carbocycles. The number of ether oxygens (including phenoxy) is 4. The number of alkyl halides is 1. The van der Waals surface area contributed by atoms with E-state index in [0.717, 1.165) is 21.8 Å². The molecule has 2 saturated heterocycles. The lowest BCUT2D eigenvalue weighted by atomic mass is 9.98. The van der Waals surface area contributed by atoms with Crippen molar-refractivity contribution < 1.29 is 70.3 Å². The third kappa shape index (κ3) is 9.07. The van der Waals surface area contributed by atoms with Gasteiger partial charge in [-0.05, 0) is 20.8 Å². The maximum absolute atomic E-state index is 15.2. The highest BCUT2D eigenvalue weighted by Gasteiger charge is 2.45. The zero-order valence-electron chi connectivity index (χ0n) is 29.1. The second-order valence-electron chi connectivity index (χ2n) is 13.3. The van der Waals surface area contributed by atoms with Gasteiger partial charge in [0.25, 0.3) is 17.6 Å². The standard InChI is InChI=1S/C28H35FN8O16P2/c1-28(2,3)27(41)48-13-35-9-33-23-22(26(35)40)30-10-36(23)19-4-15(29)17(51-19)6-50-55(45,46)53-16-5-20(52-18(16)7-49-54(42,43)44)37-11-31-21-24(37)32-8-34(25(21)39)12-47-14-38/h8-11,14-20H,4-7,12-13H2,1-3H3,(H,45,46)(H2,42,43,44)/t15?,16-,17?,18?,19?,20?/m0/s1. The first-order valence-electron chi connectivity index (χ1n) is 16.2. The minimum absolute atomic E-state index is 0.00819. The van der Waals surface area contributed by atoms with Gasteiger partial charge in [-0.25, -0.2) is 33.5 Å². The highest BCUT2D eigenvalue weighted by atomic mass is 31.2. The van der Waals surface area contributed by atoms with Gasteiger partial charge in [-0.2, -0.15) is 0 Å². The maximum atomic E-state index is 15.2. The molecule has 6 rings (SSSR count). The van der Waals surface area contributed by atoms with Crippen LogP contribution < -0.4 is 11.1 Å². The monoisotopic (exact) mass is 820 g/mol. The van der Waals surface area contributed by atoms with Crippen molar-refractivity contribution in [1.29, 1.82) is 0 Å². The van der Waals surface area contributed by atoms with Crippen molar-refractivity contribution in [2.45, 2.75) is 84.0 Å². The fraction of sp³-hybridized carbons (Fsp3) is 0.571. The van der Waals surface area contributed by atoms with Crippen LogP contribution in [0.4, 0.5) is 4.39 Å². The summed E-state index contributed by atoms with van der Waals surface area (Å²) in [4.78, 5) is 93.9. The third-order valence-electron chi connectivity index (χ3n) is 8.37. The number of carbonyl (C=O) groups excluding carboxylic acids is 2. The number of aromatic nitrogens is 8. The molecule has 0 radical (unpaired) electrons. The lowest BCUT2D eigenvalue weighted by Crippen LogP contribution is -2.29. The van der Waals surface area contributed by atoms with Gasteiger partial charge in [-0.1, -0.05) is 0 Å². The van der Waals surface area contributed by atoms with Crippen LogP contribution in [-0.2, 0) is 64.7 Å². The van der Waals surface area contributed by atoms with Crippen molar-refractivity contribution in [1.82, 2.24) is 38.2 Å². The average Bonchev–Trinajstić information content (AvgIpc) is 3.90. The summed E-state index contributed by atoms with van der Waals surface area (Å²) in [7, 11) is -10.1. The molecule has 6 unspecified atom stereocenters. The fourth-order valence-electron chi connectivity index (χ4n) is 5.63. The number of phosphoric ester groups is 2. The molecule has 6 heterocycles. The Labute approximate surface area is 307 Å². The Morgan fingerprint density at radius 1 is 0.873 bits per heavy atom. The zero-order chi connectivity index (χ0) is 39.9. The van der Waals surface area contributed by atoms with E-state index in [9.17, 15) is 43.0 Å². The second kappa shape index (κ2) is 15.7. The van der Waals surface area contributed by atoms with E-state index in [1.807, 2.05) is 0 Å². The molecule has 0 aromatic carbocycles. The summed E-state index contributed by atoms with van der Waals surface area (Å²) in [5.41, 5.74) is -2.36. The first-order chi connectivity index (χ1) is 25.8. The first kappa shape index (κ1) is 40.4. The number of hydrogen-bond donors (Lipinski definition) is 3. The molecule has 4 aromatic heterocycles. The Morgan fingerprint density at radius 3 is 1.98 bits per heavy atom. The molecule has 300 valence electrons. The van der Waals surface area contributed by atoms with E-state index in [2.05, 4.69) is 29.2 Å². The molecule has 0 amide bonds. The van der Waals surface area contributed by atoms with Gasteiger partial charge in [0.15, 0.2) is 35.8 Å². The lowest BCUT2D eigenvalue weighted by molar-refractivity contribution is -0.157. The summed E-state index contributed by atoms with van der Waals surface area (Å²) in [6.07, 6.45) is -4.12. The number of nitrogens with zero attached hydrogens (tertiary/aromatic N) is 8. The van der Waals surface area contributed by atoms with Crippen molar-refractivity contribution in [2.24, 2.45) is 5.41 Å². The SMILES string of the molecule is CC(C)(C)C(=O)OCn1cnc2c(ncn2C2CC(F)C(COP(=O)(O)O[C@H]3CC(n4cnc5c(=O)n(COC=O)cnc54)OC3COP(=O)(O)O)O2)c1=O. The van der Waals surface area contributed by atoms with Crippen LogP contribution >= 0.6 is 15.6 Å². The Morgan fingerprint density at radius 2 is 1.42 bits per heavy atom. The Bertz CT molecular complexity index is 2280. The van der Waals surface area contributed by atoms with Gasteiger partial charge in [-0.3, -0.25) is 51.0 Å². The molecule has 0 spiro atoms. The molecule has 0 saturated carbocycles. The normalized spacial score (nSPS) is 24.3. The van der Waals surface area contributed by atoms with Gasteiger partial charge in [0.2, 0.25) is 0 Å². The van der Waals surface area contributed by atoms with E-state index in [1.54, 1.807) is 20.8 Å². The predicted octanol–water partition coefficient (Wildman–Crippen LogP) is 0.402. The molecule has 55 heavy (non-hydrogen) atoms. The van der Waals surface area contributed by atoms with Crippen molar-refractivity contribution in [3.05, 3.63) is 46.0 Å². The Hall–Kier alpha value is -4.29. The smallest absolute Gasteiger partial charge is 0.446 e. The minimum Gasteiger partial charge on any atom is -0.446 e. The molecular weight excluding hydrogens is 785 g/mol. The lowest BCUT2D eigenvalue weighted by Gasteiger charge is -2.22. The number of rotatable bonds is 15. The molecule has 27 heteroatoms. The predicted molar refractivity (Wildman–Crippen MR) is 177 cm³/mol. The van der Waals surface area contributed by atoms with Crippen LogP contribution in [0, 0.1) is 5.41 Å². The van der Waals surface area contributed by atoms with Crippen LogP contribution in [0.1, 0.15) is 46.1 Å². The first-order valence-corrected chi connectivity index (χ1v) is 19.2. The third-order valence-corrected chi connectivity index (χ3v) is 9.87. The number of carbonyl (C=O) groups is 2. The number of imidazole rings is 2. The maximum Gasteiger partial charge on any atom is 0.472 e.